The Morgan fingerprint density at radius 2 is 0.958 bits per heavy atom. The van der Waals surface area contributed by atoms with Gasteiger partial charge in [0.05, 0.1) is 13.1 Å². The molecule has 24 heavy (non-hydrogen) atoms. The zero-order chi connectivity index (χ0) is 17.4. The molecular weight excluding hydrogens is 348 g/mol. The summed E-state index contributed by atoms with van der Waals surface area (Å²) < 4.78 is 2.91. The number of fused-ring (bicyclic) bond motifs is 2. The summed E-state index contributed by atoms with van der Waals surface area (Å²) in [6, 6.07) is 0. The third kappa shape index (κ3) is 2.53. The van der Waals surface area contributed by atoms with Crippen molar-refractivity contribution in [1.29, 1.82) is 0 Å². The molecule has 124 valence electrons. The van der Waals surface area contributed by atoms with Gasteiger partial charge in [0.25, 0.3) is 22.2 Å². The molecule has 0 aromatic carbocycles. The predicted octanol–water partition coefficient (Wildman–Crippen LogP) is 1.85. The van der Waals surface area contributed by atoms with Crippen LogP contribution in [0.1, 0.15) is 26.7 Å². The molecular formula is C16H14N2O4S2. The van der Waals surface area contributed by atoms with Crippen LogP contribution in [0.2, 0.25) is 0 Å². The van der Waals surface area contributed by atoms with E-state index in [4.69, 9.17) is 0 Å². The highest BCUT2D eigenvalue weighted by Gasteiger charge is 2.21. The first kappa shape index (κ1) is 17.0. The summed E-state index contributed by atoms with van der Waals surface area (Å²) in [7, 11) is 0. The number of hydrogen-bond acceptors (Lipinski definition) is 6. The van der Waals surface area contributed by atoms with Crippen molar-refractivity contribution in [2.75, 3.05) is 0 Å². The fourth-order valence-electron chi connectivity index (χ4n) is 2.27. The third-order valence-corrected chi connectivity index (χ3v) is 6.04. The highest BCUT2D eigenvalue weighted by molar-refractivity contribution is 7.36. The number of rotatable bonds is 6. The molecule has 0 saturated heterocycles. The molecule has 0 saturated carbocycles. The van der Waals surface area contributed by atoms with Crippen LogP contribution < -0.4 is 22.2 Å². The molecule has 3 aromatic heterocycles. The maximum atomic E-state index is 12.4. The molecule has 4 radical (unpaired) electrons. The maximum Gasteiger partial charge on any atom is 0.272 e. The van der Waals surface area contributed by atoms with Crippen LogP contribution in [-0.2, 0) is 0 Å². The molecule has 3 rings (SSSR count). The van der Waals surface area contributed by atoms with Crippen molar-refractivity contribution in [1.82, 2.24) is 9.13 Å². The van der Waals surface area contributed by atoms with Crippen LogP contribution in [0.5, 0.6) is 0 Å². The molecule has 3 aromatic rings. The lowest BCUT2D eigenvalue weighted by atomic mass is 10.3. The van der Waals surface area contributed by atoms with Crippen LogP contribution in [-0.4, -0.2) is 9.13 Å². The molecule has 6 nitrogen and oxygen atoms in total. The molecule has 0 aliphatic rings. The van der Waals surface area contributed by atoms with Gasteiger partial charge >= 0.3 is 0 Å². The van der Waals surface area contributed by atoms with Crippen LogP contribution in [0.4, 0.5) is 0 Å². The molecule has 0 fully saturated rings. The van der Waals surface area contributed by atoms with Crippen LogP contribution in [0.25, 0.3) is 18.8 Å². The summed E-state index contributed by atoms with van der Waals surface area (Å²) in [5.41, 5.74) is -1.81. The summed E-state index contributed by atoms with van der Waals surface area (Å²) in [6.45, 7) is 6.67. The molecule has 0 aliphatic heterocycles. The van der Waals surface area contributed by atoms with Gasteiger partial charge in [-0.05, 0) is 12.8 Å². The zero-order valence-electron chi connectivity index (χ0n) is 13.1. The minimum atomic E-state index is -0.452. The van der Waals surface area contributed by atoms with E-state index in [1.807, 2.05) is 13.8 Å². The first-order valence-electron chi connectivity index (χ1n) is 7.44. The minimum Gasteiger partial charge on any atom is -0.268 e. The van der Waals surface area contributed by atoms with Crippen LogP contribution in [0.3, 0.4) is 0 Å². The van der Waals surface area contributed by atoms with Gasteiger partial charge in [0, 0.05) is 0 Å². The lowest BCUT2D eigenvalue weighted by Gasteiger charge is -1.94. The van der Waals surface area contributed by atoms with Crippen molar-refractivity contribution >= 4 is 41.5 Å². The van der Waals surface area contributed by atoms with Crippen molar-refractivity contribution in [3.8, 4) is 0 Å². The quantitative estimate of drug-likeness (QED) is 0.670. The molecule has 3 heterocycles. The number of aromatic nitrogens is 2. The van der Waals surface area contributed by atoms with Gasteiger partial charge in [-0.2, -0.15) is 0 Å². The predicted molar refractivity (Wildman–Crippen MR) is 98.0 cm³/mol. The largest absolute Gasteiger partial charge is 0.272 e. The monoisotopic (exact) mass is 362 g/mol. The summed E-state index contributed by atoms with van der Waals surface area (Å²) >= 11 is 1.83. The topological polar surface area (TPSA) is 78.1 Å². The van der Waals surface area contributed by atoms with Gasteiger partial charge in [0.1, 0.15) is 18.8 Å². The SMILES string of the molecule is CC[CH][CH]n1c(=O)c2sc3c(=O)n([CH][CH]CC)c(=O)c3sc2c1=O. The minimum absolute atomic E-state index is 0.215. The summed E-state index contributed by atoms with van der Waals surface area (Å²) in [5, 5.41) is 0. The van der Waals surface area contributed by atoms with Gasteiger partial charge in [-0.1, -0.05) is 26.7 Å². The fraction of sp³-hybridized carbons (Fsp3) is 0.250. The molecule has 0 atom stereocenters. The van der Waals surface area contributed by atoms with Crippen molar-refractivity contribution in [3.63, 3.8) is 0 Å². The lowest BCUT2D eigenvalue weighted by Crippen LogP contribution is -2.24. The Balaban J connectivity index is 2.30. The molecule has 0 amide bonds. The molecule has 0 spiro atoms. The van der Waals surface area contributed by atoms with Gasteiger partial charge in [-0.15, -0.1) is 22.7 Å². The van der Waals surface area contributed by atoms with Crippen molar-refractivity contribution in [2.45, 2.75) is 26.7 Å². The average Bonchev–Trinajstić information content (AvgIpc) is 2.95. The zero-order valence-corrected chi connectivity index (χ0v) is 14.7. The van der Waals surface area contributed by atoms with Gasteiger partial charge in [0.2, 0.25) is 0 Å². The molecule has 0 unspecified atom stereocenters. The van der Waals surface area contributed by atoms with Gasteiger partial charge < -0.3 is 0 Å². The Morgan fingerprint density at radius 3 is 1.21 bits per heavy atom. The van der Waals surface area contributed by atoms with Crippen molar-refractivity contribution in [2.24, 2.45) is 0 Å². The van der Waals surface area contributed by atoms with E-state index in [2.05, 4.69) is 0 Å². The van der Waals surface area contributed by atoms with Crippen molar-refractivity contribution in [3.05, 3.63) is 67.3 Å². The van der Waals surface area contributed by atoms with Crippen LogP contribution in [0, 0.1) is 25.9 Å². The van der Waals surface area contributed by atoms with E-state index in [-0.39, 0.29) is 18.8 Å². The van der Waals surface area contributed by atoms with E-state index < -0.39 is 22.2 Å². The van der Waals surface area contributed by atoms with Crippen LogP contribution in [0.15, 0.2) is 19.2 Å². The van der Waals surface area contributed by atoms with E-state index in [1.54, 1.807) is 12.8 Å². The Hall–Kier alpha value is -1.80. The Labute approximate surface area is 145 Å². The highest BCUT2D eigenvalue weighted by atomic mass is 32.1. The Bertz CT molecular complexity index is 955. The first-order valence-corrected chi connectivity index (χ1v) is 9.07. The third-order valence-electron chi connectivity index (χ3n) is 3.45. The van der Waals surface area contributed by atoms with Gasteiger partial charge in [0.15, 0.2) is 0 Å². The van der Waals surface area contributed by atoms with Gasteiger partial charge in [-0.3, -0.25) is 28.3 Å². The summed E-state index contributed by atoms with van der Waals surface area (Å²) in [6.07, 6.45) is 4.79. The van der Waals surface area contributed by atoms with Crippen molar-refractivity contribution < 1.29 is 0 Å². The second-order valence-electron chi connectivity index (χ2n) is 5.07. The first-order chi connectivity index (χ1) is 11.5. The smallest absolute Gasteiger partial charge is 0.268 e. The molecule has 8 heteroatoms. The van der Waals surface area contributed by atoms with Gasteiger partial charge in [-0.25, -0.2) is 0 Å². The Morgan fingerprint density at radius 1 is 0.667 bits per heavy atom. The standard InChI is InChI=1S/C16H14N2O4S2/c1-3-5-7-17-13(19)9-10(14(17)20)24-12-11(23-9)15(21)18(16(12)22)8-6-4-2/h5-8H,3-4H2,1-2H3. The fourth-order valence-corrected chi connectivity index (χ4v) is 4.64. The van der Waals surface area contributed by atoms with Crippen LogP contribution >= 0.6 is 22.7 Å². The van der Waals surface area contributed by atoms with E-state index in [1.165, 1.54) is 13.1 Å². The molecule has 0 N–H and O–H groups in total. The second-order valence-corrected chi connectivity index (χ2v) is 7.11. The summed E-state index contributed by atoms with van der Waals surface area (Å²) in [4.78, 5) is 49.6. The number of hydrogen-bond donors (Lipinski definition) is 0. The van der Waals surface area contributed by atoms with E-state index >= 15 is 0 Å². The second kappa shape index (κ2) is 6.60. The molecule has 0 aliphatic carbocycles. The number of nitrogens with zero attached hydrogens (tertiary/aromatic N) is 2. The van der Waals surface area contributed by atoms with E-state index in [0.717, 1.165) is 31.8 Å². The summed E-state index contributed by atoms with van der Waals surface area (Å²) in [5.74, 6) is 0. The number of unbranched alkanes of at least 4 members (excludes halogenated alkanes) is 2. The molecule has 0 bridgehead atoms. The maximum absolute atomic E-state index is 12.4. The van der Waals surface area contributed by atoms with E-state index in [9.17, 15) is 19.2 Å². The highest BCUT2D eigenvalue weighted by Crippen LogP contribution is 2.26. The normalized spacial score (nSPS) is 11.8. The van der Waals surface area contributed by atoms with E-state index in [0.29, 0.717) is 12.8 Å². The Kier molecular flexibility index (Phi) is 4.69. The average molecular weight is 362 g/mol. The lowest BCUT2D eigenvalue weighted by molar-refractivity contribution is 0.879.